The first-order valence-electron chi connectivity index (χ1n) is 5.79. The molecule has 4 heteroatoms. The van der Waals surface area contributed by atoms with Crippen LogP contribution in [0.25, 0.3) is 11.5 Å². The second-order valence-electron chi connectivity index (χ2n) is 4.39. The highest BCUT2D eigenvalue weighted by molar-refractivity contribution is 9.10. The van der Waals surface area contributed by atoms with Crippen LogP contribution in [0.3, 0.4) is 0 Å². The van der Waals surface area contributed by atoms with E-state index in [2.05, 4.69) is 39.3 Å². The van der Waals surface area contributed by atoms with E-state index in [1.807, 2.05) is 24.4 Å². The Morgan fingerprint density at radius 1 is 1.44 bits per heavy atom. The molecule has 2 heterocycles. The fourth-order valence-electron chi connectivity index (χ4n) is 2.15. The summed E-state index contributed by atoms with van der Waals surface area (Å²) in [6, 6.07) is 6.05. The lowest BCUT2D eigenvalue weighted by molar-refractivity contribution is 0.364. The van der Waals surface area contributed by atoms with Crippen molar-refractivity contribution in [3.63, 3.8) is 0 Å². The Hall–Kier alpha value is -1.55. The second-order valence-corrected chi connectivity index (χ2v) is 5.24. The number of aromatic nitrogens is 1. The summed E-state index contributed by atoms with van der Waals surface area (Å²) in [7, 11) is 0. The van der Waals surface area contributed by atoms with E-state index >= 15 is 0 Å². The smallest absolute Gasteiger partial charge is 0.226 e. The molecule has 0 saturated carbocycles. The lowest BCUT2D eigenvalue weighted by Gasteiger charge is -2.09. The van der Waals surface area contributed by atoms with Crippen molar-refractivity contribution in [3.05, 3.63) is 52.5 Å². The molecule has 92 valence electrons. The highest BCUT2D eigenvalue weighted by atomic mass is 79.9. The molecule has 3 rings (SSSR count). The lowest BCUT2D eigenvalue weighted by Crippen LogP contribution is -2.07. The minimum Gasteiger partial charge on any atom is -0.439 e. The van der Waals surface area contributed by atoms with Crippen LogP contribution in [-0.2, 0) is 13.1 Å². The first-order valence-corrected chi connectivity index (χ1v) is 6.59. The molecule has 0 radical (unpaired) electrons. The van der Waals surface area contributed by atoms with Gasteiger partial charge in [0.2, 0.25) is 5.89 Å². The number of hydrogen-bond acceptors (Lipinski definition) is 3. The molecule has 0 unspecified atom stereocenters. The van der Waals surface area contributed by atoms with Crippen molar-refractivity contribution in [1.29, 1.82) is 0 Å². The van der Waals surface area contributed by atoms with Crippen LogP contribution >= 0.6 is 15.9 Å². The summed E-state index contributed by atoms with van der Waals surface area (Å²) in [4.78, 5) is 6.67. The molecular formula is C14H13BrN2O. The van der Waals surface area contributed by atoms with Gasteiger partial charge in [0, 0.05) is 10.0 Å². The summed E-state index contributed by atoms with van der Waals surface area (Å²) in [5.41, 5.74) is 3.21. The highest BCUT2D eigenvalue weighted by Gasteiger charge is 2.24. The second kappa shape index (κ2) is 4.28. The third kappa shape index (κ3) is 1.77. The summed E-state index contributed by atoms with van der Waals surface area (Å²) >= 11 is 3.53. The Morgan fingerprint density at radius 3 is 3.00 bits per heavy atom. The van der Waals surface area contributed by atoms with Gasteiger partial charge in [-0.15, -0.1) is 0 Å². The van der Waals surface area contributed by atoms with Crippen LogP contribution in [0.4, 0.5) is 0 Å². The van der Waals surface area contributed by atoms with Crippen molar-refractivity contribution in [2.45, 2.75) is 20.0 Å². The van der Waals surface area contributed by atoms with Crippen molar-refractivity contribution in [1.82, 2.24) is 9.88 Å². The van der Waals surface area contributed by atoms with Crippen LogP contribution in [0.15, 0.2) is 39.9 Å². The lowest BCUT2D eigenvalue weighted by atomic mass is 10.1. The van der Waals surface area contributed by atoms with Crippen LogP contribution in [0.5, 0.6) is 0 Å². The molecule has 1 aliphatic rings. The Morgan fingerprint density at radius 2 is 2.28 bits per heavy atom. The molecule has 0 fully saturated rings. The van der Waals surface area contributed by atoms with E-state index in [1.165, 1.54) is 0 Å². The van der Waals surface area contributed by atoms with Crippen LogP contribution in [0.1, 0.15) is 17.0 Å². The molecule has 1 aromatic carbocycles. The average molecular weight is 305 g/mol. The number of fused-ring (bicyclic) bond motifs is 1. The Balaban J connectivity index is 2.01. The normalized spacial score (nSPS) is 13.8. The monoisotopic (exact) mass is 304 g/mol. The molecule has 1 aliphatic heterocycles. The van der Waals surface area contributed by atoms with Crippen molar-refractivity contribution in [3.8, 4) is 11.5 Å². The minimum absolute atomic E-state index is 0.711. The Kier molecular flexibility index (Phi) is 2.74. The number of benzene rings is 1. The van der Waals surface area contributed by atoms with Gasteiger partial charge in [0.25, 0.3) is 0 Å². The van der Waals surface area contributed by atoms with Gasteiger partial charge in [-0.1, -0.05) is 28.6 Å². The maximum Gasteiger partial charge on any atom is 0.226 e. The molecule has 0 saturated heterocycles. The van der Waals surface area contributed by atoms with Crippen molar-refractivity contribution >= 4 is 15.9 Å². The topological polar surface area (TPSA) is 29.3 Å². The summed E-state index contributed by atoms with van der Waals surface area (Å²) in [6.07, 6.45) is 1.82. The molecule has 1 aromatic heterocycles. The van der Waals surface area contributed by atoms with Crippen LogP contribution in [0.2, 0.25) is 0 Å². The zero-order chi connectivity index (χ0) is 12.7. The number of nitrogens with zero attached hydrogens (tertiary/aromatic N) is 2. The highest BCUT2D eigenvalue weighted by Crippen LogP contribution is 2.32. The van der Waals surface area contributed by atoms with E-state index in [1.54, 1.807) is 0 Å². The van der Waals surface area contributed by atoms with Gasteiger partial charge >= 0.3 is 0 Å². The van der Waals surface area contributed by atoms with Crippen LogP contribution in [-0.4, -0.2) is 9.88 Å². The fourth-order valence-corrected chi connectivity index (χ4v) is 2.51. The van der Waals surface area contributed by atoms with Crippen molar-refractivity contribution in [2.75, 3.05) is 0 Å². The van der Waals surface area contributed by atoms with Gasteiger partial charge in [0.1, 0.15) is 11.5 Å². The van der Waals surface area contributed by atoms with Crippen LogP contribution in [0, 0.1) is 6.92 Å². The van der Waals surface area contributed by atoms with Gasteiger partial charge < -0.3 is 9.32 Å². The standard InChI is InChI=1S/C14H13BrN2O/c1-3-17-7-12-13(8-17)18-14(16-12)10-5-4-6-11(15)9(10)2/h3-6H,1,7-8H2,2H3. The van der Waals surface area contributed by atoms with Gasteiger partial charge in [0.15, 0.2) is 0 Å². The van der Waals surface area contributed by atoms with E-state index in [-0.39, 0.29) is 0 Å². The quantitative estimate of drug-likeness (QED) is 0.843. The molecule has 0 spiro atoms. The molecule has 18 heavy (non-hydrogen) atoms. The zero-order valence-corrected chi connectivity index (χ0v) is 11.7. The van der Waals surface area contributed by atoms with Gasteiger partial charge in [-0.25, -0.2) is 4.98 Å². The maximum absolute atomic E-state index is 5.86. The zero-order valence-electron chi connectivity index (χ0n) is 10.1. The molecule has 0 N–H and O–H groups in total. The number of rotatable bonds is 2. The predicted octanol–water partition coefficient (Wildman–Crippen LogP) is 3.87. The number of halogens is 1. The molecule has 2 aromatic rings. The van der Waals surface area contributed by atoms with Gasteiger partial charge in [-0.3, -0.25) is 0 Å². The summed E-state index contributed by atoms with van der Waals surface area (Å²) in [6.45, 7) is 7.37. The van der Waals surface area contributed by atoms with Gasteiger partial charge in [-0.2, -0.15) is 0 Å². The summed E-state index contributed by atoms with van der Waals surface area (Å²) in [5, 5.41) is 0. The summed E-state index contributed by atoms with van der Waals surface area (Å²) in [5.74, 6) is 1.66. The van der Waals surface area contributed by atoms with E-state index in [4.69, 9.17) is 4.42 Å². The predicted molar refractivity (Wildman–Crippen MR) is 73.8 cm³/mol. The number of hydrogen-bond donors (Lipinski definition) is 0. The Labute approximate surface area is 114 Å². The third-order valence-electron chi connectivity index (χ3n) is 3.23. The average Bonchev–Trinajstić information content (AvgIpc) is 2.90. The Bertz CT molecular complexity index is 595. The van der Waals surface area contributed by atoms with E-state index in [9.17, 15) is 0 Å². The minimum atomic E-state index is 0.711. The van der Waals surface area contributed by atoms with Crippen molar-refractivity contribution < 1.29 is 4.42 Å². The van der Waals surface area contributed by atoms with Gasteiger partial charge in [0.05, 0.1) is 13.1 Å². The summed E-state index contributed by atoms with van der Waals surface area (Å²) < 4.78 is 6.93. The first-order chi connectivity index (χ1) is 8.69. The van der Waals surface area contributed by atoms with Crippen molar-refractivity contribution in [2.24, 2.45) is 0 Å². The molecule has 3 nitrogen and oxygen atoms in total. The van der Waals surface area contributed by atoms with E-state index < -0.39 is 0 Å². The molecule has 0 bridgehead atoms. The van der Waals surface area contributed by atoms with Crippen LogP contribution < -0.4 is 0 Å². The largest absolute Gasteiger partial charge is 0.439 e. The third-order valence-corrected chi connectivity index (χ3v) is 4.09. The molecule has 0 aliphatic carbocycles. The fraction of sp³-hybridized carbons (Fsp3) is 0.214. The van der Waals surface area contributed by atoms with E-state index in [0.717, 1.165) is 40.1 Å². The van der Waals surface area contributed by atoms with Gasteiger partial charge in [-0.05, 0) is 30.8 Å². The van der Waals surface area contributed by atoms with E-state index in [0.29, 0.717) is 5.89 Å². The molecule has 0 amide bonds. The number of oxazole rings is 1. The SMILES string of the molecule is C=CN1Cc2nc(-c3cccc(Br)c3C)oc2C1. The molecular weight excluding hydrogens is 292 g/mol. The first kappa shape index (κ1) is 11.5. The molecule has 0 atom stereocenters. The maximum atomic E-state index is 5.86.